The van der Waals surface area contributed by atoms with E-state index >= 15 is 0 Å². The molecule has 0 heterocycles. The molecular weight excluding hydrogens is 238 g/mol. The van der Waals surface area contributed by atoms with E-state index in [1.165, 1.54) is 31.2 Å². The first-order chi connectivity index (χ1) is 9.33. The Labute approximate surface area is 116 Å². The molecule has 106 valence electrons. The zero-order chi connectivity index (χ0) is 13.5. The summed E-state index contributed by atoms with van der Waals surface area (Å²) >= 11 is 0. The lowest BCUT2D eigenvalue weighted by Gasteiger charge is -2.31. The van der Waals surface area contributed by atoms with Crippen molar-refractivity contribution in [2.75, 3.05) is 20.8 Å². The molecule has 0 radical (unpaired) electrons. The number of hydrogen-bond acceptors (Lipinski definition) is 3. The van der Waals surface area contributed by atoms with E-state index in [-0.39, 0.29) is 0 Å². The van der Waals surface area contributed by atoms with Crippen LogP contribution in [0.15, 0.2) is 24.3 Å². The molecule has 1 aromatic rings. The van der Waals surface area contributed by atoms with E-state index in [2.05, 4.69) is 17.4 Å². The van der Waals surface area contributed by atoms with Crippen LogP contribution < -0.4 is 10.1 Å². The fourth-order valence-corrected chi connectivity index (χ4v) is 2.81. The average Bonchev–Trinajstić information content (AvgIpc) is 2.48. The first-order valence-electron chi connectivity index (χ1n) is 7.22. The summed E-state index contributed by atoms with van der Waals surface area (Å²) in [5.41, 5.74) is 1.35. The predicted octanol–water partition coefficient (Wildman–Crippen LogP) is 2.78. The number of benzene rings is 1. The molecule has 2 atom stereocenters. The summed E-state index contributed by atoms with van der Waals surface area (Å²) in [6.45, 7) is 1.01. The lowest BCUT2D eigenvalue weighted by Crippen LogP contribution is -2.43. The van der Waals surface area contributed by atoms with Crippen LogP contribution in [0.1, 0.15) is 31.2 Å². The van der Waals surface area contributed by atoms with Crippen LogP contribution in [0.5, 0.6) is 5.75 Å². The summed E-state index contributed by atoms with van der Waals surface area (Å²) in [5, 5.41) is 3.64. The van der Waals surface area contributed by atoms with E-state index in [0.717, 1.165) is 18.7 Å². The monoisotopic (exact) mass is 263 g/mol. The molecule has 0 spiro atoms. The first kappa shape index (κ1) is 14.4. The Morgan fingerprint density at radius 3 is 2.53 bits per heavy atom. The van der Waals surface area contributed by atoms with Crippen LogP contribution in [0.25, 0.3) is 0 Å². The van der Waals surface area contributed by atoms with E-state index in [1.54, 1.807) is 7.11 Å². The molecule has 1 fully saturated rings. The van der Waals surface area contributed by atoms with Gasteiger partial charge in [0.05, 0.1) is 13.2 Å². The molecule has 1 N–H and O–H groups in total. The van der Waals surface area contributed by atoms with E-state index in [0.29, 0.717) is 12.1 Å². The SMILES string of the molecule is COc1ccc(CCN[C@H]2CCCC[C@H]2OC)cc1. The number of methoxy groups -OCH3 is 2. The Balaban J connectivity index is 1.75. The normalized spacial score (nSPS) is 23.3. The molecule has 0 amide bonds. The second kappa shape index (κ2) is 7.51. The van der Waals surface area contributed by atoms with Crippen LogP contribution >= 0.6 is 0 Å². The molecular formula is C16H25NO2. The minimum Gasteiger partial charge on any atom is -0.497 e. The summed E-state index contributed by atoms with van der Waals surface area (Å²) in [7, 11) is 3.53. The fraction of sp³-hybridized carbons (Fsp3) is 0.625. The molecule has 1 aliphatic carbocycles. The predicted molar refractivity (Wildman–Crippen MR) is 77.8 cm³/mol. The first-order valence-corrected chi connectivity index (χ1v) is 7.22. The third kappa shape index (κ3) is 4.22. The van der Waals surface area contributed by atoms with Crippen molar-refractivity contribution in [2.24, 2.45) is 0 Å². The number of rotatable bonds is 6. The van der Waals surface area contributed by atoms with Gasteiger partial charge in [-0.15, -0.1) is 0 Å². The number of nitrogens with one attached hydrogen (secondary N) is 1. The van der Waals surface area contributed by atoms with Crippen molar-refractivity contribution >= 4 is 0 Å². The minimum atomic E-state index is 0.393. The quantitative estimate of drug-likeness (QED) is 0.856. The van der Waals surface area contributed by atoms with E-state index < -0.39 is 0 Å². The maximum absolute atomic E-state index is 5.56. The van der Waals surface area contributed by atoms with E-state index in [9.17, 15) is 0 Å². The van der Waals surface area contributed by atoms with Gasteiger partial charge in [-0.25, -0.2) is 0 Å². The Kier molecular flexibility index (Phi) is 5.67. The fourth-order valence-electron chi connectivity index (χ4n) is 2.81. The highest BCUT2D eigenvalue weighted by Gasteiger charge is 2.23. The molecule has 0 bridgehead atoms. The number of hydrogen-bond donors (Lipinski definition) is 1. The highest BCUT2D eigenvalue weighted by atomic mass is 16.5. The molecule has 1 aromatic carbocycles. The smallest absolute Gasteiger partial charge is 0.118 e. The van der Waals surface area contributed by atoms with Gasteiger partial charge in [-0.3, -0.25) is 0 Å². The van der Waals surface area contributed by atoms with Crippen LogP contribution in [-0.4, -0.2) is 32.9 Å². The van der Waals surface area contributed by atoms with Gasteiger partial charge in [-0.2, -0.15) is 0 Å². The summed E-state index contributed by atoms with van der Waals surface area (Å²) in [4.78, 5) is 0. The van der Waals surface area contributed by atoms with Crippen LogP contribution in [0, 0.1) is 0 Å². The molecule has 3 nitrogen and oxygen atoms in total. The molecule has 0 saturated heterocycles. The molecule has 1 saturated carbocycles. The summed E-state index contributed by atoms with van der Waals surface area (Å²) in [5.74, 6) is 0.920. The highest BCUT2D eigenvalue weighted by molar-refractivity contribution is 5.27. The molecule has 2 rings (SSSR count). The standard InChI is InChI=1S/C16H25NO2/c1-18-14-9-7-13(8-10-14)11-12-17-15-5-3-4-6-16(15)19-2/h7-10,15-17H,3-6,11-12H2,1-2H3/t15-,16+/m0/s1. The lowest BCUT2D eigenvalue weighted by molar-refractivity contribution is 0.0421. The third-order valence-corrected chi connectivity index (χ3v) is 3.98. The van der Waals surface area contributed by atoms with Crippen LogP contribution in [-0.2, 0) is 11.2 Å². The van der Waals surface area contributed by atoms with E-state index in [1.807, 2.05) is 19.2 Å². The molecule has 0 aromatic heterocycles. The topological polar surface area (TPSA) is 30.5 Å². The summed E-state index contributed by atoms with van der Waals surface area (Å²) in [6, 6.07) is 8.84. The van der Waals surface area contributed by atoms with Crippen LogP contribution in [0.4, 0.5) is 0 Å². The van der Waals surface area contributed by atoms with Gasteiger partial charge in [0.15, 0.2) is 0 Å². The average molecular weight is 263 g/mol. The molecule has 1 aliphatic rings. The molecule has 0 aliphatic heterocycles. The molecule has 3 heteroatoms. The van der Waals surface area contributed by atoms with Gasteiger partial charge >= 0.3 is 0 Å². The van der Waals surface area contributed by atoms with Gasteiger partial charge in [-0.05, 0) is 43.5 Å². The van der Waals surface area contributed by atoms with Gasteiger partial charge in [0.2, 0.25) is 0 Å². The maximum atomic E-state index is 5.56. The van der Waals surface area contributed by atoms with Gasteiger partial charge in [0, 0.05) is 13.2 Å². The maximum Gasteiger partial charge on any atom is 0.118 e. The van der Waals surface area contributed by atoms with Crippen molar-refractivity contribution in [2.45, 2.75) is 44.2 Å². The van der Waals surface area contributed by atoms with Crippen molar-refractivity contribution < 1.29 is 9.47 Å². The van der Waals surface area contributed by atoms with Crippen molar-refractivity contribution in [1.29, 1.82) is 0 Å². The van der Waals surface area contributed by atoms with Gasteiger partial charge in [0.25, 0.3) is 0 Å². The lowest BCUT2D eigenvalue weighted by atomic mass is 9.92. The minimum absolute atomic E-state index is 0.393. The van der Waals surface area contributed by atoms with E-state index in [4.69, 9.17) is 9.47 Å². The Bertz CT molecular complexity index is 364. The highest BCUT2D eigenvalue weighted by Crippen LogP contribution is 2.20. The Morgan fingerprint density at radius 1 is 1.11 bits per heavy atom. The number of ether oxygens (including phenoxy) is 2. The second-order valence-corrected chi connectivity index (χ2v) is 5.22. The van der Waals surface area contributed by atoms with Crippen LogP contribution in [0.2, 0.25) is 0 Å². The van der Waals surface area contributed by atoms with Crippen molar-refractivity contribution in [3.05, 3.63) is 29.8 Å². The second-order valence-electron chi connectivity index (χ2n) is 5.22. The Morgan fingerprint density at radius 2 is 1.84 bits per heavy atom. The molecule has 0 unspecified atom stereocenters. The van der Waals surface area contributed by atoms with Gasteiger partial charge in [0.1, 0.15) is 5.75 Å². The molecule has 19 heavy (non-hydrogen) atoms. The summed E-state index contributed by atoms with van der Waals surface area (Å²) in [6.07, 6.45) is 6.49. The largest absolute Gasteiger partial charge is 0.497 e. The van der Waals surface area contributed by atoms with Crippen LogP contribution in [0.3, 0.4) is 0 Å². The van der Waals surface area contributed by atoms with Crippen molar-refractivity contribution in [3.8, 4) is 5.75 Å². The Hall–Kier alpha value is -1.06. The summed E-state index contributed by atoms with van der Waals surface area (Å²) < 4.78 is 10.7. The van der Waals surface area contributed by atoms with Gasteiger partial charge < -0.3 is 14.8 Å². The third-order valence-electron chi connectivity index (χ3n) is 3.98. The van der Waals surface area contributed by atoms with Gasteiger partial charge in [-0.1, -0.05) is 25.0 Å². The zero-order valence-electron chi connectivity index (χ0n) is 12.0. The zero-order valence-corrected chi connectivity index (χ0v) is 12.0. The van der Waals surface area contributed by atoms with Crippen molar-refractivity contribution in [3.63, 3.8) is 0 Å². The van der Waals surface area contributed by atoms with Crippen molar-refractivity contribution in [1.82, 2.24) is 5.32 Å².